The lowest BCUT2D eigenvalue weighted by Gasteiger charge is -2.29. The molecule has 0 fully saturated rings. The van der Waals surface area contributed by atoms with Crippen LogP contribution in [-0.4, -0.2) is 18.5 Å². The standard InChI is InChI=1S/C15H16ClNO2/c1-10-7-11(3-4-13(10)16)19-15-9-17(2)8-14-12(15)5-6-18-14/h3-7,15H,8-9H2,1-2H3. The molecule has 2 heterocycles. The summed E-state index contributed by atoms with van der Waals surface area (Å²) in [6.45, 7) is 3.67. The monoisotopic (exact) mass is 277 g/mol. The van der Waals surface area contributed by atoms with Crippen LogP contribution in [0.2, 0.25) is 5.02 Å². The van der Waals surface area contributed by atoms with Gasteiger partial charge in [0.25, 0.3) is 0 Å². The van der Waals surface area contributed by atoms with Gasteiger partial charge < -0.3 is 9.15 Å². The maximum absolute atomic E-state index is 6.09. The predicted octanol–water partition coefficient (Wildman–Crippen LogP) is 3.81. The fourth-order valence-electron chi connectivity index (χ4n) is 2.41. The lowest BCUT2D eigenvalue weighted by Crippen LogP contribution is -2.32. The zero-order valence-corrected chi connectivity index (χ0v) is 11.8. The molecule has 0 spiro atoms. The van der Waals surface area contributed by atoms with Gasteiger partial charge in [-0.05, 0) is 43.8 Å². The number of hydrogen-bond donors (Lipinski definition) is 0. The number of hydrogen-bond acceptors (Lipinski definition) is 3. The van der Waals surface area contributed by atoms with Gasteiger partial charge in [0.05, 0.1) is 12.8 Å². The van der Waals surface area contributed by atoms with Crippen molar-refractivity contribution in [1.29, 1.82) is 0 Å². The summed E-state index contributed by atoms with van der Waals surface area (Å²) in [7, 11) is 2.06. The summed E-state index contributed by atoms with van der Waals surface area (Å²) in [6.07, 6.45) is 1.74. The summed E-state index contributed by atoms with van der Waals surface area (Å²) >= 11 is 6.03. The molecule has 1 atom stereocenters. The highest BCUT2D eigenvalue weighted by Crippen LogP contribution is 2.32. The number of nitrogens with zero attached hydrogens (tertiary/aromatic N) is 1. The Morgan fingerprint density at radius 1 is 1.37 bits per heavy atom. The van der Waals surface area contributed by atoms with E-state index in [9.17, 15) is 0 Å². The fraction of sp³-hybridized carbons (Fsp3) is 0.333. The van der Waals surface area contributed by atoms with E-state index in [-0.39, 0.29) is 6.10 Å². The highest BCUT2D eigenvalue weighted by Gasteiger charge is 2.27. The second-order valence-corrected chi connectivity index (χ2v) is 5.42. The van der Waals surface area contributed by atoms with Crippen LogP contribution < -0.4 is 4.74 Å². The van der Waals surface area contributed by atoms with Gasteiger partial charge in [-0.2, -0.15) is 0 Å². The Morgan fingerprint density at radius 2 is 2.21 bits per heavy atom. The van der Waals surface area contributed by atoms with Crippen LogP contribution in [0.3, 0.4) is 0 Å². The molecular weight excluding hydrogens is 262 g/mol. The first-order valence-electron chi connectivity index (χ1n) is 6.31. The Kier molecular flexibility index (Phi) is 3.25. The molecule has 1 aliphatic heterocycles. The van der Waals surface area contributed by atoms with E-state index in [1.165, 1.54) is 0 Å². The third-order valence-electron chi connectivity index (χ3n) is 3.43. The van der Waals surface area contributed by atoms with Crippen LogP contribution >= 0.6 is 11.6 Å². The molecule has 1 aliphatic rings. The first-order chi connectivity index (χ1) is 9.13. The van der Waals surface area contributed by atoms with E-state index in [1.807, 2.05) is 31.2 Å². The van der Waals surface area contributed by atoms with E-state index >= 15 is 0 Å². The van der Waals surface area contributed by atoms with Crippen LogP contribution in [0.15, 0.2) is 34.9 Å². The predicted molar refractivity (Wildman–Crippen MR) is 74.6 cm³/mol. The van der Waals surface area contributed by atoms with Crippen LogP contribution in [0.1, 0.15) is 23.0 Å². The summed E-state index contributed by atoms with van der Waals surface area (Å²) in [5.41, 5.74) is 2.17. The molecule has 2 aromatic rings. The molecule has 100 valence electrons. The van der Waals surface area contributed by atoms with E-state index in [2.05, 4.69) is 11.9 Å². The van der Waals surface area contributed by atoms with Gasteiger partial charge in [-0.15, -0.1) is 0 Å². The van der Waals surface area contributed by atoms with Crippen molar-refractivity contribution in [3.05, 3.63) is 52.4 Å². The zero-order chi connectivity index (χ0) is 13.4. The van der Waals surface area contributed by atoms with Crippen molar-refractivity contribution in [1.82, 2.24) is 4.90 Å². The highest BCUT2D eigenvalue weighted by atomic mass is 35.5. The molecule has 3 nitrogen and oxygen atoms in total. The Hall–Kier alpha value is -1.45. The fourth-order valence-corrected chi connectivity index (χ4v) is 2.53. The number of fused-ring (bicyclic) bond motifs is 1. The molecule has 19 heavy (non-hydrogen) atoms. The minimum atomic E-state index is 0.00748. The van der Waals surface area contributed by atoms with E-state index in [0.29, 0.717) is 0 Å². The molecule has 0 amide bonds. The molecule has 0 bridgehead atoms. The van der Waals surface area contributed by atoms with Crippen LogP contribution in [0, 0.1) is 6.92 Å². The largest absolute Gasteiger partial charge is 0.484 e. The summed E-state index contributed by atoms with van der Waals surface area (Å²) in [4.78, 5) is 2.19. The molecule has 0 saturated heterocycles. The number of aryl methyl sites for hydroxylation is 1. The van der Waals surface area contributed by atoms with Crippen molar-refractivity contribution in [2.24, 2.45) is 0 Å². The minimum Gasteiger partial charge on any atom is -0.484 e. The lowest BCUT2D eigenvalue weighted by molar-refractivity contribution is 0.120. The van der Waals surface area contributed by atoms with Crippen LogP contribution in [-0.2, 0) is 6.54 Å². The van der Waals surface area contributed by atoms with Gasteiger partial charge in [-0.25, -0.2) is 0 Å². The van der Waals surface area contributed by atoms with Gasteiger partial charge in [-0.1, -0.05) is 11.6 Å². The molecular formula is C15H16ClNO2. The number of halogens is 1. The third-order valence-corrected chi connectivity index (χ3v) is 3.85. The molecule has 4 heteroatoms. The van der Waals surface area contributed by atoms with Gasteiger partial charge in [0, 0.05) is 17.1 Å². The smallest absolute Gasteiger partial charge is 0.140 e. The SMILES string of the molecule is Cc1cc(OC2CN(C)Cc3occc32)ccc1Cl. The van der Waals surface area contributed by atoms with Crippen molar-refractivity contribution < 1.29 is 9.15 Å². The second kappa shape index (κ2) is 4.91. The number of ether oxygens (including phenoxy) is 1. The van der Waals surface area contributed by atoms with Gasteiger partial charge in [0.15, 0.2) is 0 Å². The van der Waals surface area contributed by atoms with Gasteiger partial charge in [-0.3, -0.25) is 4.90 Å². The summed E-state index contributed by atoms with van der Waals surface area (Å²) in [5.74, 6) is 1.83. The molecule has 0 N–H and O–H groups in total. The van der Waals surface area contributed by atoms with Crippen molar-refractivity contribution in [2.75, 3.05) is 13.6 Å². The molecule has 0 saturated carbocycles. The first-order valence-corrected chi connectivity index (χ1v) is 6.69. The van der Waals surface area contributed by atoms with Crippen molar-refractivity contribution in [2.45, 2.75) is 19.6 Å². The normalized spacial score (nSPS) is 19.2. The molecule has 3 rings (SSSR count). The molecule has 1 unspecified atom stereocenters. The van der Waals surface area contributed by atoms with Gasteiger partial charge >= 0.3 is 0 Å². The third kappa shape index (κ3) is 2.48. The highest BCUT2D eigenvalue weighted by molar-refractivity contribution is 6.31. The number of benzene rings is 1. The average molecular weight is 278 g/mol. The summed E-state index contributed by atoms with van der Waals surface area (Å²) < 4.78 is 11.6. The molecule has 1 aromatic carbocycles. The van der Waals surface area contributed by atoms with Crippen LogP contribution in [0.25, 0.3) is 0 Å². The molecule has 0 radical (unpaired) electrons. The topological polar surface area (TPSA) is 25.6 Å². The van der Waals surface area contributed by atoms with Crippen molar-refractivity contribution >= 4 is 11.6 Å². The van der Waals surface area contributed by atoms with E-state index in [0.717, 1.165) is 40.7 Å². The lowest BCUT2D eigenvalue weighted by atomic mass is 10.1. The Morgan fingerprint density at radius 3 is 3.00 bits per heavy atom. The summed E-state index contributed by atoms with van der Waals surface area (Å²) in [6, 6.07) is 7.74. The summed E-state index contributed by atoms with van der Waals surface area (Å²) in [5, 5.41) is 0.761. The van der Waals surface area contributed by atoms with E-state index in [1.54, 1.807) is 6.26 Å². The van der Waals surface area contributed by atoms with E-state index in [4.69, 9.17) is 20.8 Å². The average Bonchev–Trinajstić information content (AvgIpc) is 2.82. The van der Waals surface area contributed by atoms with Crippen molar-refractivity contribution in [3.63, 3.8) is 0 Å². The number of furan rings is 1. The van der Waals surface area contributed by atoms with Crippen LogP contribution in [0.4, 0.5) is 0 Å². The maximum Gasteiger partial charge on any atom is 0.140 e. The number of rotatable bonds is 2. The Labute approximate surface area is 117 Å². The second-order valence-electron chi connectivity index (χ2n) is 5.01. The number of likely N-dealkylation sites (N-methyl/N-ethyl adjacent to an activating group) is 1. The van der Waals surface area contributed by atoms with Crippen molar-refractivity contribution in [3.8, 4) is 5.75 Å². The minimum absolute atomic E-state index is 0.00748. The van der Waals surface area contributed by atoms with Gasteiger partial charge in [0.2, 0.25) is 0 Å². The van der Waals surface area contributed by atoms with E-state index < -0.39 is 0 Å². The molecule has 1 aromatic heterocycles. The maximum atomic E-state index is 6.09. The quantitative estimate of drug-likeness (QED) is 0.835. The molecule has 0 aliphatic carbocycles. The first kappa shape index (κ1) is 12.6. The zero-order valence-electron chi connectivity index (χ0n) is 11.0. The van der Waals surface area contributed by atoms with Gasteiger partial charge in [0.1, 0.15) is 17.6 Å². The Balaban J connectivity index is 1.86. The Bertz CT molecular complexity index is 594. The van der Waals surface area contributed by atoms with Crippen LogP contribution in [0.5, 0.6) is 5.75 Å².